The van der Waals surface area contributed by atoms with Crippen molar-refractivity contribution in [3.63, 3.8) is 0 Å². The molecule has 7 heteroatoms. The highest BCUT2D eigenvalue weighted by atomic mass is 19.1. The molecule has 1 unspecified atom stereocenters. The van der Waals surface area contributed by atoms with Gasteiger partial charge in [-0.25, -0.2) is 14.2 Å². The summed E-state index contributed by atoms with van der Waals surface area (Å²) in [6.45, 7) is 2.52. The molecule has 1 aromatic carbocycles. The van der Waals surface area contributed by atoms with E-state index in [2.05, 4.69) is 10.3 Å². The van der Waals surface area contributed by atoms with Gasteiger partial charge in [-0.15, -0.1) is 0 Å². The van der Waals surface area contributed by atoms with Crippen LogP contribution < -0.4 is 10.1 Å². The molecular weight excluding hydrogens is 325 g/mol. The fraction of sp³-hybridized carbons (Fsp3) is 0.278. The van der Waals surface area contributed by atoms with Crippen LogP contribution in [0.4, 0.5) is 9.18 Å². The molecular formula is C18H18FN3O3. The van der Waals surface area contributed by atoms with Crippen LogP contribution in [0.15, 0.2) is 42.6 Å². The number of nitrogens with one attached hydrogen (secondary N) is 1. The lowest BCUT2D eigenvalue weighted by molar-refractivity contribution is -0.130. The number of ether oxygens (including phenoxy) is 1. The van der Waals surface area contributed by atoms with Crippen molar-refractivity contribution in [3.8, 4) is 5.88 Å². The van der Waals surface area contributed by atoms with Gasteiger partial charge in [0.1, 0.15) is 5.82 Å². The number of pyridine rings is 1. The molecule has 25 heavy (non-hydrogen) atoms. The zero-order valence-corrected chi connectivity index (χ0v) is 13.7. The fourth-order valence-electron chi connectivity index (χ4n) is 2.65. The summed E-state index contributed by atoms with van der Waals surface area (Å²) in [5.41, 5.74) is 1.43. The first kappa shape index (κ1) is 16.9. The molecule has 1 aromatic heterocycles. The second kappa shape index (κ2) is 7.29. The topological polar surface area (TPSA) is 71.5 Å². The van der Waals surface area contributed by atoms with Crippen LogP contribution in [0.3, 0.4) is 0 Å². The Kier molecular flexibility index (Phi) is 4.92. The van der Waals surface area contributed by atoms with E-state index in [4.69, 9.17) is 4.74 Å². The molecule has 1 N–H and O–H groups in total. The highest BCUT2D eigenvalue weighted by Gasteiger charge is 2.32. The summed E-state index contributed by atoms with van der Waals surface area (Å²) in [4.78, 5) is 30.0. The fourth-order valence-corrected chi connectivity index (χ4v) is 2.65. The Labute approximate surface area is 144 Å². The molecule has 1 fully saturated rings. The first-order chi connectivity index (χ1) is 12.1. The van der Waals surface area contributed by atoms with E-state index < -0.39 is 12.1 Å². The number of carbonyl (C=O) groups is 2. The third-order valence-electron chi connectivity index (χ3n) is 3.93. The first-order valence-electron chi connectivity index (χ1n) is 8.01. The maximum Gasteiger partial charge on any atom is 0.324 e. The van der Waals surface area contributed by atoms with Gasteiger partial charge in [0.2, 0.25) is 11.8 Å². The molecule has 0 saturated carbocycles. The van der Waals surface area contributed by atoms with Crippen molar-refractivity contribution in [2.45, 2.75) is 25.9 Å². The molecule has 3 rings (SSSR count). The molecule has 130 valence electrons. The number of aromatic nitrogens is 1. The number of benzene rings is 1. The molecule has 2 aromatic rings. The van der Waals surface area contributed by atoms with E-state index >= 15 is 0 Å². The summed E-state index contributed by atoms with van der Waals surface area (Å²) in [5.74, 6) is -0.147. The number of amides is 3. The highest BCUT2D eigenvalue weighted by Crippen LogP contribution is 2.23. The predicted octanol–water partition coefficient (Wildman–Crippen LogP) is 2.80. The molecule has 0 aliphatic carbocycles. The molecule has 1 aliphatic heterocycles. The molecule has 6 nitrogen and oxygen atoms in total. The third-order valence-corrected chi connectivity index (χ3v) is 3.93. The number of halogens is 1. The van der Waals surface area contributed by atoms with E-state index in [0.717, 1.165) is 10.5 Å². The maximum absolute atomic E-state index is 13.0. The summed E-state index contributed by atoms with van der Waals surface area (Å²) in [7, 11) is 0. The highest BCUT2D eigenvalue weighted by molar-refractivity contribution is 5.97. The second-order valence-electron chi connectivity index (χ2n) is 5.68. The van der Waals surface area contributed by atoms with Crippen LogP contribution in [0.5, 0.6) is 5.88 Å². The first-order valence-corrected chi connectivity index (χ1v) is 8.01. The zero-order valence-electron chi connectivity index (χ0n) is 13.7. The van der Waals surface area contributed by atoms with Gasteiger partial charge in [-0.3, -0.25) is 9.69 Å². The smallest absolute Gasteiger partial charge is 0.324 e. The Balaban J connectivity index is 1.67. The molecule has 0 spiro atoms. The Bertz CT molecular complexity index is 744. The molecule has 0 radical (unpaired) electrons. The largest absolute Gasteiger partial charge is 0.478 e. The Hall–Kier alpha value is -2.96. The van der Waals surface area contributed by atoms with Crippen molar-refractivity contribution in [1.29, 1.82) is 0 Å². The van der Waals surface area contributed by atoms with E-state index in [1.54, 1.807) is 30.5 Å². The van der Waals surface area contributed by atoms with Crippen LogP contribution in [-0.2, 0) is 11.3 Å². The van der Waals surface area contributed by atoms with E-state index in [0.29, 0.717) is 18.1 Å². The number of hydrogen-bond acceptors (Lipinski definition) is 4. The summed E-state index contributed by atoms with van der Waals surface area (Å²) in [6, 6.07) is 8.30. The third kappa shape index (κ3) is 3.93. The van der Waals surface area contributed by atoms with Crippen LogP contribution in [0.2, 0.25) is 0 Å². The van der Waals surface area contributed by atoms with Crippen LogP contribution in [-0.4, -0.2) is 28.4 Å². The van der Waals surface area contributed by atoms with Crippen LogP contribution in [0.1, 0.15) is 30.5 Å². The van der Waals surface area contributed by atoms with Crippen molar-refractivity contribution < 1.29 is 18.7 Å². The molecule has 1 saturated heterocycles. The lowest BCUT2D eigenvalue weighted by Gasteiger charge is -2.31. The Morgan fingerprint density at radius 3 is 2.60 bits per heavy atom. The number of urea groups is 1. The van der Waals surface area contributed by atoms with E-state index in [9.17, 15) is 14.0 Å². The number of nitrogens with zero attached hydrogens (tertiary/aromatic N) is 2. The van der Waals surface area contributed by atoms with E-state index in [-0.39, 0.29) is 24.7 Å². The summed E-state index contributed by atoms with van der Waals surface area (Å²) < 4.78 is 18.3. The number of rotatable bonds is 5. The average molecular weight is 343 g/mol. The molecule has 2 heterocycles. The van der Waals surface area contributed by atoms with Crippen molar-refractivity contribution in [2.24, 2.45) is 0 Å². The van der Waals surface area contributed by atoms with Crippen LogP contribution in [0.25, 0.3) is 0 Å². The SMILES string of the molecule is CCOc1ccc(CN2C(=O)CC(c3ccc(F)cc3)NC2=O)cn1. The zero-order chi connectivity index (χ0) is 17.8. The van der Waals surface area contributed by atoms with Gasteiger partial charge in [-0.1, -0.05) is 18.2 Å². The van der Waals surface area contributed by atoms with Crippen molar-refractivity contribution in [1.82, 2.24) is 15.2 Å². The summed E-state index contributed by atoms with van der Waals surface area (Å²) in [6.07, 6.45) is 1.71. The molecule has 1 atom stereocenters. The minimum Gasteiger partial charge on any atom is -0.478 e. The minimum absolute atomic E-state index is 0.127. The summed E-state index contributed by atoms with van der Waals surface area (Å²) >= 11 is 0. The van der Waals surface area contributed by atoms with Gasteiger partial charge >= 0.3 is 6.03 Å². The lowest BCUT2D eigenvalue weighted by atomic mass is 10.0. The van der Waals surface area contributed by atoms with Crippen molar-refractivity contribution in [2.75, 3.05) is 6.61 Å². The van der Waals surface area contributed by atoms with E-state index in [1.807, 2.05) is 6.92 Å². The predicted molar refractivity (Wildman–Crippen MR) is 88.2 cm³/mol. The van der Waals surface area contributed by atoms with Gasteiger partial charge in [0.05, 0.1) is 25.6 Å². The molecule has 3 amide bonds. The standard InChI is InChI=1S/C18H18FN3O3/c1-2-25-16-8-3-12(10-20-16)11-22-17(23)9-15(21-18(22)24)13-4-6-14(19)7-5-13/h3-8,10,15H,2,9,11H2,1H3,(H,21,24). The van der Waals surface area contributed by atoms with Gasteiger partial charge in [-0.05, 0) is 30.2 Å². The van der Waals surface area contributed by atoms with Crippen LogP contribution >= 0.6 is 0 Å². The lowest BCUT2D eigenvalue weighted by Crippen LogP contribution is -2.50. The Morgan fingerprint density at radius 1 is 1.24 bits per heavy atom. The van der Waals surface area contributed by atoms with Crippen LogP contribution in [0, 0.1) is 5.82 Å². The van der Waals surface area contributed by atoms with Crippen molar-refractivity contribution in [3.05, 3.63) is 59.5 Å². The minimum atomic E-state index is -0.473. The second-order valence-corrected chi connectivity index (χ2v) is 5.68. The van der Waals surface area contributed by atoms with Crippen molar-refractivity contribution >= 4 is 11.9 Å². The Morgan fingerprint density at radius 2 is 2.00 bits per heavy atom. The number of hydrogen-bond donors (Lipinski definition) is 1. The maximum atomic E-state index is 13.0. The monoisotopic (exact) mass is 343 g/mol. The normalized spacial score (nSPS) is 17.4. The molecule has 0 bridgehead atoms. The summed E-state index contributed by atoms with van der Waals surface area (Å²) in [5, 5.41) is 2.78. The average Bonchev–Trinajstić information content (AvgIpc) is 2.60. The van der Waals surface area contributed by atoms with Gasteiger partial charge in [0, 0.05) is 12.3 Å². The number of carbonyl (C=O) groups excluding carboxylic acids is 2. The van der Waals surface area contributed by atoms with E-state index in [1.165, 1.54) is 12.1 Å². The van der Waals surface area contributed by atoms with Gasteiger partial charge in [-0.2, -0.15) is 0 Å². The quantitative estimate of drug-likeness (QED) is 0.906. The van der Waals surface area contributed by atoms with Gasteiger partial charge < -0.3 is 10.1 Å². The molecule has 1 aliphatic rings. The van der Waals surface area contributed by atoms with Gasteiger partial charge in [0.25, 0.3) is 0 Å². The number of imide groups is 1. The van der Waals surface area contributed by atoms with Gasteiger partial charge in [0.15, 0.2) is 0 Å².